The molecule has 1 aromatic rings. The van der Waals surface area contributed by atoms with Crippen LogP contribution in [0.4, 0.5) is 0 Å². The number of esters is 1. The number of hydrogen-bond acceptors (Lipinski definition) is 5. The Balaban J connectivity index is 1.73. The number of hydrogen-bond donors (Lipinski definition) is 1. The maximum Gasteiger partial charge on any atom is 0.339 e. The number of ether oxygens (including phenoxy) is 1. The number of pyridine rings is 1. The van der Waals surface area contributed by atoms with Crippen molar-refractivity contribution in [2.24, 2.45) is 11.3 Å². The number of carbonyl (C=O) groups is 1. The molecule has 1 aliphatic heterocycles. The van der Waals surface area contributed by atoms with Crippen molar-refractivity contribution < 1.29 is 14.6 Å². The number of aliphatic hydroxyl groups excluding tert-OH is 1. The van der Waals surface area contributed by atoms with Gasteiger partial charge in [-0.05, 0) is 41.9 Å². The van der Waals surface area contributed by atoms with Crippen LogP contribution in [-0.4, -0.2) is 28.6 Å². The molecule has 3 rings (SSSR count). The number of aromatic nitrogens is 1. The fourth-order valence-electron chi connectivity index (χ4n) is 3.13. The Kier molecular flexibility index (Phi) is 5.03. The number of rotatable bonds is 1. The summed E-state index contributed by atoms with van der Waals surface area (Å²) < 4.78 is 4.66. The van der Waals surface area contributed by atoms with Crippen LogP contribution >= 0.6 is 11.8 Å². The summed E-state index contributed by atoms with van der Waals surface area (Å²) in [6, 6.07) is 3.40. The van der Waals surface area contributed by atoms with E-state index in [-0.39, 0.29) is 16.8 Å². The highest BCUT2D eigenvalue weighted by Gasteiger charge is 2.36. The predicted octanol–water partition coefficient (Wildman–Crippen LogP) is 3.53. The summed E-state index contributed by atoms with van der Waals surface area (Å²) in [6.45, 7) is 4.37. The molecule has 1 aromatic heterocycles. The van der Waals surface area contributed by atoms with Gasteiger partial charge < -0.3 is 9.84 Å². The van der Waals surface area contributed by atoms with Crippen LogP contribution in [0, 0.1) is 23.2 Å². The second kappa shape index (κ2) is 7.07. The van der Waals surface area contributed by atoms with Crippen molar-refractivity contribution in [3.05, 3.63) is 52.2 Å². The van der Waals surface area contributed by atoms with E-state index in [0.29, 0.717) is 11.3 Å². The minimum atomic E-state index is -0.402. The SMILES string of the molecule is COC(=O)c1ccc(C#CC2C=CC3=C(C2)C(C)(C)CC(O)S3)nc1. The van der Waals surface area contributed by atoms with E-state index in [1.165, 1.54) is 35.5 Å². The van der Waals surface area contributed by atoms with Gasteiger partial charge in [-0.15, -0.1) is 0 Å². The zero-order chi connectivity index (χ0) is 18.0. The third kappa shape index (κ3) is 3.97. The smallest absolute Gasteiger partial charge is 0.339 e. The van der Waals surface area contributed by atoms with Gasteiger partial charge in [-0.25, -0.2) is 9.78 Å². The Bertz CT molecular complexity index is 796. The van der Waals surface area contributed by atoms with Crippen LogP contribution in [0.5, 0.6) is 0 Å². The molecule has 0 amide bonds. The van der Waals surface area contributed by atoms with E-state index in [1.807, 2.05) is 0 Å². The number of aliphatic hydroxyl groups is 1. The summed E-state index contributed by atoms with van der Waals surface area (Å²) in [5, 5.41) is 10.0. The quantitative estimate of drug-likeness (QED) is 0.617. The van der Waals surface area contributed by atoms with E-state index in [2.05, 4.69) is 47.6 Å². The second-order valence-electron chi connectivity index (χ2n) is 6.87. The average molecular weight is 355 g/mol. The Labute approximate surface area is 152 Å². The van der Waals surface area contributed by atoms with Crippen molar-refractivity contribution in [3.8, 4) is 11.8 Å². The van der Waals surface area contributed by atoms with Crippen LogP contribution in [0.25, 0.3) is 0 Å². The highest BCUT2D eigenvalue weighted by atomic mass is 32.2. The van der Waals surface area contributed by atoms with Gasteiger partial charge in [0.1, 0.15) is 11.1 Å². The lowest BCUT2D eigenvalue weighted by atomic mass is 9.75. The number of thioether (sulfide) groups is 1. The Morgan fingerprint density at radius 1 is 1.44 bits per heavy atom. The van der Waals surface area contributed by atoms with Crippen molar-refractivity contribution in [2.45, 2.75) is 32.1 Å². The van der Waals surface area contributed by atoms with Crippen molar-refractivity contribution in [1.29, 1.82) is 0 Å². The molecule has 0 radical (unpaired) electrons. The van der Waals surface area contributed by atoms with Crippen molar-refractivity contribution in [2.75, 3.05) is 7.11 Å². The predicted molar refractivity (Wildman–Crippen MR) is 98.7 cm³/mol. The fourth-order valence-corrected chi connectivity index (χ4v) is 4.59. The van der Waals surface area contributed by atoms with Gasteiger partial charge in [0, 0.05) is 17.0 Å². The fraction of sp³-hybridized carbons (Fsp3) is 0.400. The first-order valence-electron chi connectivity index (χ1n) is 8.21. The van der Waals surface area contributed by atoms with E-state index >= 15 is 0 Å². The maximum atomic E-state index is 11.4. The number of carbonyl (C=O) groups excluding carboxylic acids is 1. The van der Waals surface area contributed by atoms with Crippen molar-refractivity contribution in [1.82, 2.24) is 4.98 Å². The molecule has 0 fully saturated rings. The van der Waals surface area contributed by atoms with Gasteiger partial charge >= 0.3 is 5.97 Å². The summed E-state index contributed by atoms with van der Waals surface area (Å²) in [4.78, 5) is 16.8. The molecule has 2 atom stereocenters. The molecule has 0 bridgehead atoms. The van der Waals surface area contributed by atoms with Gasteiger partial charge in [0.2, 0.25) is 0 Å². The normalized spacial score (nSPS) is 24.2. The maximum absolute atomic E-state index is 11.4. The topological polar surface area (TPSA) is 59.4 Å². The van der Waals surface area contributed by atoms with Gasteiger partial charge in [0.25, 0.3) is 0 Å². The van der Waals surface area contributed by atoms with Gasteiger partial charge in [0.15, 0.2) is 0 Å². The van der Waals surface area contributed by atoms with Crippen LogP contribution in [0.15, 0.2) is 41.0 Å². The van der Waals surface area contributed by atoms with Crippen molar-refractivity contribution >= 4 is 17.7 Å². The highest BCUT2D eigenvalue weighted by molar-refractivity contribution is 8.03. The summed E-state index contributed by atoms with van der Waals surface area (Å²) in [5.41, 5.74) is 2.08. The molecule has 0 spiro atoms. The molecule has 5 heteroatoms. The van der Waals surface area contributed by atoms with Gasteiger partial charge in [-0.1, -0.05) is 43.7 Å². The largest absolute Gasteiger partial charge is 0.465 e. The average Bonchev–Trinajstić information content (AvgIpc) is 2.59. The zero-order valence-corrected chi connectivity index (χ0v) is 15.4. The molecule has 0 saturated carbocycles. The molecular weight excluding hydrogens is 334 g/mol. The van der Waals surface area contributed by atoms with Crippen LogP contribution in [0.1, 0.15) is 42.7 Å². The minimum Gasteiger partial charge on any atom is -0.465 e. The molecule has 0 aromatic carbocycles. The third-order valence-corrected chi connectivity index (χ3v) is 5.61. The first-order valence-corrected chi connectivity index (χ1v) is 9.09. The lowest BCUT2D eigenvalue weighted by Gasteiger charge is -2.39. The Morgan fingerprint density at radius 3 is 2.92 bits per heavy atom. The summed E-state index contributed by atoms with van der Waals surface area (Å²) in [5.74, 6) is 6.08. The van der Waals surface area contributed by atoms with E-state index in [9.17, 15) is 9.90 Å². The van der Waals surface area contributed by atoms with E-state index in [4.69, 9.17) is 0 Å². The molecule has 2 aliphatic rings. The molecule has 2 unspecified atom stereocenters. The molecule has 25 heavy (non-hydrogen) atoms. The van der Waals surface area contributed by atoms with Crippen LogP contribution in [-0.2, 0) is 4.74 Å². The number of methoxy groups -OCH3 is 1. The first kappa shape index (κ1) is 17.8. The highest BCUT2D eigenvalue weighted by Crippen LogP contribution is 2.49. The van der Waals surface area contributed by atoms with E-state index in [0.717, 1.165) is 12.8 Å². The Hall–Kier alpha value is -2.03. The molecule has 1 N–H and O–H groups in total. The number of nitrogens with zero attached hydrogens (tertiary/aromatic N) is 1. The standard InChI is InChI=1S/C20H21NO3S/c1-20(2)11-18(22)25-17-9-5-13(10-16(17)20)4-7-15-8-6-14(12-21-15)19(23)24-3/h5-6,8-9,12-13,18,22H,10-11H2,1-3H3. The van der Waals surface area contributed by atoms with Gasteiger partial charge in [-0.3, -0.25) is 0 Å². The van der Waals surface area contributed by atoms with Crippen LogP contribution in [0.3, 0.4) is 0 Å². The molecule has 1 aliphatic carbocycles. The molecular formula is C20H21NO3S. The minimum absolute atomic E-state index is 0.00883. The monoisotopic (exact) mass is 355 g/mol. The molecule has 130 valence electrons. The summed E-state index contributed by atoms with van der Waals surface area (Å²) in [6.07, 6.45) is 7.30. The third-order valence-electron chi connectivity index (χ3n) is 4.54. The van der Waals surface area contributed by atoms with Crippen LogP contribution in [0.2, 0.25) is 0 Å². The van der Waals surface area contributed by atoms with Gasteiger partial charge in [-0.2, -0.15) is 0 Å². The second-order valence-corrected chi connectivity index (χ2v) is 8.09. The van der Waals surface area contributed by atoms with Gasteiger partial charge in [0.05, 0.1) is 12.7 Å². The lowest BCUT2D eigenvalue weighted by molar-refractivity contribution is 0.0600. The number of allylic oxidation sites excluding steroid dienone is 3. The van der Waals surface area contributed by atoms with E-state index < -0.39 is 5.97 Å². The molecule has 4 nitrogen and oxygen atoms in total. The summed E-state index contributed by atoms with van der Waals surface area (Å²) >= 11 is 1.54. The lowest BCUT2D eigenvalue weighted by Crippen LogP contribution is -2.28. The molecule has 2 heterocycles. The van der Waals surface area contributed by atoms with Crippen molar-refractivity contribution in [3.63, 3.8) is 0 Å². The summed E-state index contributed by atoms with van der Waals surface area (Å²) in [7, 11) is 1.35. The van der Waals surface area contributed by atoms with E-state index in [1.54, 1.807) is 12.1 Å². The zero-order valence-electron chi connectivity index (χ0n) is 14.6. The molecule has 0 saturated heterocycles. The van der Waals surface area contributed by atoms with Crippen LogP contribution < -0.4 is 0 Å². The Morgan fingerprint density at radius 2 is 2.24 bits per heavy atom. The first-order chi connectivity index (χ1) is 11.9.